The van der Waals surface area contributed by atoms with Crippen molar-refractivity contribution >= 4 is 0 Å². The van der Waals surface area contributed by atoms with Crippen LogP contribution in [0.25, 0.3) is 0 Å². The summed E-state index contributed by atoms with van der Waals surface area (Å²) in [5, 5.41) is 11.0. The molecule has 0 aliphatic rings. The van der Waals surface area contributed by atoms with Crippen LogP contribution in [0.3, 0.4) is 0 Å². The molecule has 34 heavy (non-hydrogen) atoms. The Kier molecular flexibility index (Phi) is 17.6. The smallest absolute Gasteiger partial charge is 0.119 e. The number of hydrogen-bond acceptors (Lipinski definition) is 1. The van der Waals surface area contributed by atoms with Gasteiger partial charge in [-0.2, -0.15) is 0 Å². The largest absolute Gasteiger partial charge is 0.508 e. The van der Waals surface area contributed by atoms with Crippen molar-refractivity contribution in [2.45, 2.75) is 157 Å². The van der Waals surface area contributed by atoms with Gasteiger partial charge in [0.15, 0.2) is 0 Å². The third-order valence-electron chi connectivity index (χ3n) is 7.83. The molecule has 0 bridgehead atoms. The Morgan fingerprint density at radius 2 is 0.941 bits per heavy atom. The lowest BCUT2D eigenvalue weighted by molar-refractivity contribution is 0.435. The van der Waals surface area contributed by atoms with Crippen molar-refractivity contribution in [2.75, 3.05) is 0 Å². The number of benzene rings is 1. The fraction of sp³-hybridized carbons (Fsp3) is 0.818. The molecule has 0 heterocycles. The first-order chi connectivity index (χ1) is 16.4. The van der Waals surface area contributed by atoms with Crippen molar-refractivity contribution in [2.24, 2.45) is 17.8 Å². The quantitative estimate of drug-likeness (QED) is 0.176. The van der Waals surface area contributed by atoms with Gasteiger partial charge in [-0.25, -0.2) is 0 Å². The van der Waals surface area contributed by atoms with Crippen molar-refractivity contribution in [3.8, 4) is 5.75 Å². The molecule has 1 nitrogen and oxygen atoms in total. The number of phenolic OH excluding ortho intramolecular Hbond substituents is 1. The second-order valence-electron chi connectivity index (χ2n) is 11.7. The van der Waals surface area contributed by atoms with Gasteiger partial charge < -0.3 is 5.11 Å². The summed E-state index contributed by atoms with van der Waals surface area (Å²) in [5.41, 5.74) is 4.30. The molecule has 0 amide bonds. The summed E-state index contributed by atoms with van der Waals surface area (Å²) in [4.78, 5) is 0. The summed E-state index contributed by atoms with van der Waals surface area (Å²) in [6, 6.07) is 4.26. The van der Waals surface area contributed by atoms with Crippen LogP contribution in [0.5, 0.6) is 5.75 Å². The van der Waals surface area contributed by atoms with E-state index < -0.39 is 0 Å². The molecule has 198 valence electrons. The van der Waals surface area contributed by atoms with E-state index in [0.717, 1.165) is 18.8 Å². The van der Waals surface area contributed by atoms with E-state index in [-0.39, 0.29) is 0 Å². The predicted octanol–water partition coefficient (Wildman–Crippen LogP) is 10.8. The SMILES string of the molecule is CCCCCCC(C)Cc1ccc(O)c(CC(C)CCCCCC)c1CC(C)CCCCCC. The molecule has 1 rings (SSSR count). The summed E-state index contributed by atoms with van der Waals surface area (Å²) in [6.45, 7) is 14.1. The van der Waals surface area contributed by atoms with Crippen LogP contribution in [-0.4, -0.2) is 5.11 Å². The first-order valence-corrected chi connectivity index (χ1v) is 15.2. The van der Waals surface area contributed by atoms with Crippen molar-refractivity contribution in [1.82, 2.24) is 0 Å². The van der Waals surface area contributed by atoms with Gasteiger partial charge in [0.1, 0.15) is 5.75 Å². The van der Waals surface area contributed by atoms with Crippen LogP contribution in [-0.2, 0) is 19.3 Å². The molecular weight excluding hydrogens is 412 g/mol. The molecule has 1 aromatic carbocycles. The van der Waals surface area contributed by atoms with E-state index in [0.29, 0.717) is 17.6 Å². The lowest BCUT2D eigenvalue weighted by Crippen LogP contribution is -2.12. The van der Waals surface area contributed by atoms with Crippen molar-refractivity contribution in [3.05, 3.63) is 28.8 Å². The van der Waals surface area contributed by atoms with Gasteiger partial charge in [-0.1, -0.05) is 144 Å². The number of aromatic hydroxyl groups is 1. The van der Waals surface area contributed by atoms with E-state index in [2.05, 4.69) is 47.6 Å². The second kappa shape index (κ2) is 19.2. The standard InChI is InChI=1S/C33H60O/c1-7-10-13-16-19-27(4)24-30-22-23-33(34)32(26-29(6)21-18-15-12-9-3)31(30)25-28(5)20-17-14-11-8-2/h22-23,27-29,34H,7-21,24-26H2,1-6H3. The highest BCUT2D eigenvalue weighted by Crippen LogP contribution is 2.33. The van der Waals surface area contributed by atoms with Gasteiger partial charge in [0.25, 0.3) is 0 Å². The third kappa shape index (κ3) is 13.2. The van der Waals surface area contributed by atoms with E-state index in [4.69, 9.17) is 0 Å². The maximum absolute atomic E-state index is 11.0. The van der Waals surface area contributed by atoms with Crippen LogP contribution in [0.4, 0.5) is 0 Å². The van der Waals surface area contributed by atoms with Crippen molar-refractivity contribution in [3.63, 3.8) is 0 Å². The minimum atomic E-state index is 0.549. The molecule has 3 unspecified atom stereocenters. The fourth-order valence-corrected chi connectivity index (χ4v) is 5.54. The molecule has 0 spiro atoms. The van der Waals surface area contributed by atoms with E-state index in [9.17, 15) is 5.11 Å². The second-order valence-corrected chi connectivity index (χ2v) is 11.7. The molecule has 1 heteroatoms. The average molecular weight is 473 g/mol. The van der Waals surface area contributed by atoms with Crippen molar-refractivity contribution < 1.29 is 5.11 Å². The molecule has 0 fully saturated rings. The first kappa shape index (κ1) is 31.1. The zero-order valence-corrected chi connectivity index (χ0v) is 24.1. The van der Waals surface area contributed by atoms with Gasteiger partial charge in [-0.15, -0.1) is 0 Å². The summed E-state index contributed by atoms with van der Waals surface area (Å²) >= 11 is 0. The topological polar surface area (TPSA) is 20.2 Å². The van der Waals surface area contributed by atoms with Crippen LogP contribution < -0.4 is 0 Å². The molecule has 1 N–H and O–H groups in total. The molecule has 0 aromatic heterocycles. The zero-order valence-electron chi connectivity index (χ0n) is 24.1. The van der Waals surface area contributed by atoms with E-state index >= 15 is 0 Å². The normalized spacial score (nSPS) is 14.3. The Morgan fingerprint density at radius 3 is 1.38 bits per heavy atom. The number of phenols is 1. The van der Waals surface area contributed by atoms with Crippen LogP contribution in [0, 0.1) is 17.8 Å². The Hall–Kier alpha value is -0.980. The van der Waals surface area contributed by atoms with Crippen molar-refractivity contribution in [1.29, 1.82) is 0 Å². The summed E-state index contributed by atoms with van der Waals surface area (Å²) in [6.07, 6.45) is 23.4. The minimum absolute atomic E-state index is 0.549. The zero-order chi connectivity index (χ0) is 25.2. The molecule has 0 saturated carbocycles. The number of unbranched alkanes of at least 4 members (excludes halogenated alkanes) is 9. The summed E-state index contributed by atoms with van der Waals surface area (Å²) < 4.78 is 0. The molecule has 0 saturated heterocycles. The van der Waals surface area contributed by atoms with Crippen LogP contribution >= 0.6 is 0 Å². The molecule has 0 aliphatic carbocycles. The Labute approximate surface area is 214 Å². The molecule has 0 radical (unpaired) electrons. The molecule has 1 aromatic rings. The fourth-order valence-electron chi connectivity index (χ4n) is 5.54. The van der Waals surface area contributed by atoms with Gasteiger partial charge in [-0.3, -0.25) is 0 Å². The van der Waals surface area contributed by atoms with E-state index in [1.165, 1.54) is 119 Å². The van der Waals surface area contributed by atoms with E-state index in [1.807, 2.05) is 6.07 Å². The lowest BCUT2D eigenvalue weighted by atomic mass is 9.82. The monoisotopic (exact) mass is 472 g/mol. The molecule has 3 atom stereocenters. The van der Waals surface area contributed by atoms with Gasteiger partial charge in [0.05, 0.1) is 0 Å². The maximum Gasteiger partial charge on any atom is 0.119 e. The third-order valence-corrected chi connectivity index (χ3v) is 7.83. The average Bonchev–Trinajstić information content (AvgIpc) is 2.81. The Morgan fingerprint density at radius 1 is 0.529 bits per heavy atom. The highest BCUT2D eigenvalue weighted by atomic mass is 16.3. The molecule has 0 aliphatic heterocycles. The van der Waals surface area contributed by atoms with Gasteiger partial charge in [-0.05, 0) is 59.8 Å². The summed E-state index contributed by atoms with van der Waals surface area (Å²) in [7, 11) is 0. The van der Waals surface area contributed by atoms with Gasteiger partial charge in [0.2, 0.25) is 0 Å². The van der Waals surface area contributed by atoms with Gasteiger partial charge in [0, 0.05) is 0 Å². The number of rotatable bonds is 21. The van der Waals surface area contributed by atoms with Gasteiger partial charge >= 0.3 is 0 Å². The Bertz CT molecular complexity index is 619. The summed E-state index contributed by atoms with van der Waals surface area (Å²) in [5.74, 6) is 2.60. The highest BCUT2D eigenvalue weighted by Gasteiger charge is 2.19. The van der Waals surface area contributed by atoms with Crippen LogP contribution in [0.1, 0.15) is 155 Å². The highest BCUT2D eigenvalue weighted by molar-refractivity contribution is 5.45. The Balaban J connectivity index is 2.95. The van der Waals surface area contributed by atoms with Crippen LogP contribution in [0.2, 0.25) is 0 Å². The minimum Gasteiger partial charge on any atom is -0.508 e. The molecular formula is C33H60O. The first-order valence-electron chi connectivity index (χ1n) is 15.2. The van der Waals surface area contributed by atoms with Crippen LogP contribution in [0.15, 0.2) is 12.1 Å². The maximum atomic E-state index is 11.0. The predicted molar refractivity (Wildman–Crippen MR) is 153 cm³/mol. The number of hydrogen-bond donors (Lipinski definition) is 1. The van der Waals surface area contributed by atoms with E-state index in [1.54, 1.807) is 0 Å². The lowest BCUT2D eigenvalue weighted by Gasteiger charge is -2.23.